The molecule has 4 heteroatoms. The first-order valence-electron chi connectivity index (χ1n) is 4.92. The molecule has 1 saturated carbocycles. The van der Waals surface area contributed by atoms with Crippen molar-refractivity contribution in [3.63, 3.8) is 0 Å². The number of nitrogens with two attached hydrogens (primary N) is 1. The highest BCUT2D eigenvalue weighted by atomic mass is 15.2. The summed E-state index contributed by atoms with van der Waals surface area (Å²) >= 11 is 0. The molecule has 1 aromatic heterocycles. The van der Waals surface area contributed by atoms with Gasteiger partial charge in [0.2, 0.25) is 0 Å². The van der Waals surface area contributed by atoms with E-state index in [9.17, 15) is 0 Å². The van der Waals surface area contributed by atoms with Crippen LogP contribution < -0.4 is 5.73 Å². The fourth-order valence-corrected chi connectivity index (χ4v) is 1.54. The molecule has 1 aliphatic rings. The van der Waals surface area contributed by atoms with Gasteiger partial charge in [0.05, 0.1) is 0 Å². The van der Waals surface area contributed by atoms with Gasteiger partial charge >= 0.3 is 0 Å². The number of nitrogens with one attached hydrogen (secondary N) is 1. The van der Waals surface area contributed by atoms with E-state index in [1.165, 1.54) is 6.42 Å². The van der Waals surface area contributed by atoms with E-state index in [1.54, 1.807) is 0 Å². The van der Waals surface area contributed by atoms with Crippen molar-refractivity contribution in [3.05, 3.63) is 11.6 Å². The van der Waals surface area contributed by atoms with Gasteiger partial charge in [-0.3, -0.25) is 5.10 Å². The second-order valence-corrected chi connectivity index (χ2v) is 3.85. The minimum atomic E-state index is 0.614. The SMILES string of the molecule is CC1CC1c1n[nH]c(CCCN)n1. The molecule has 2 unspecified atom stereocenters. The molecule has 1 fully saturated rings. The van der Waals surface area contributed by atoms with Crippen molar-refractivity contribution in [3.8, 4) is 0 Å². The van der Waals surface area contributed by atoms with Crippen molar-refractivity contribution >= 4 is 0 Å². The van der Waals surface area contributed by atoms with Crippen LogP contribution in [0.3, 0.4) is 0 Å². The Kier molecular flexibility index (Phi) is 2.31. The highest BCUT2D eigenvalue weighted by Gasteiger charge is 2.37. The molecule has 4 nitrogen and oxygen atoms in total. The average Bonchev–Trinajstić information content (AvgIpc) is 2.67. The molecular weight excluding hydrogens is 164 g/mol. The highest BCUT2D eigenvalue weighted by molar-refractivity contribution is 5.08. The first kappa shape index (κ1) is 8.69. The van der Waals surface area contributed by atoms with E-state index in [4.69, 9.17) is 5.73 Å². The maximum Gasteiger partial charge on any atom is 0.154 e. The molecule has 2 rings (SSSR count). The number of nitrogens with zero attached hydrogens (tertiary/aromatic N) is 2. The summed E-state index contributed by atoms with van der Waals surface area (Å²) in [6.45, 7) is 2.95. The zero-order chi connectivity index (χ0) is 9.26. The Hall–Kier alpha value is -0.900. The summed E-state index contributed by atoms with van der Waals surface area (Å²) in [6, 6.07) is 0. The number of H-pyrrole nitrogens is 1. The van der Waals surface area contributed by atoms with E-state index in [-0.39, 0.29) is 0 Å². The largest absolute Gasteiger partial charge is 0.330 e. The Labute approximate surface area is 77.9 Å². The van der Waals surface area contributed by atoms with Crippen molar-refractivity contribution in [2.24, 2.45) is 11.7 Å². The van der Waals surface area contributed by atoms with Crippen molar-refractivity contribution in [1.29, 1.82) is 0 Å². The van der Waals surface area contributed by atoms with E-state index >= 15 is 0 Å². The second-order valence-electron chi connectivity index (χ2n) is 3.85. The van der Waals surface area contributed by atoms with Gasteiger partial charge in [0.15, 0.2) is 5.82 Å². The maximum absolute atomic E-state index is 5.42. The van der Waals surface area contributed by atoms with Gasteiger partial charge < -0.3 is 5.73 Å². The Balaban J connectivity index is 1.94. The molecule has 0 bridgehead atoms. The second kappa shape index (κ2) is 3.46. The zero-order valence-electron chi connectivity index (χ0n) is 7.95. The van der Waals surface area contributed by atoms with Crippen molar-refractivity contribution in [1.82, 2.24) is 15.2 Å². The van der Waals surface area contributed by atoms with Crippen LogP contribution in [-0.4, -0.2) is 21.7 Å². The standard InChI is InChI=1S/C9H16N4/c1-6-5-7(6)9-11-8(12-13-9)3-2-4-10/h6-7H,2-5,10H2,1H3,(H,11,12,13). The molecule has 1 heterocycles. The van der Waals surface area contributed by atoms with Crippen LogP contribution in [0, 0.1) is 5.92 Å². The average molecular weight is 180 g/mol. The summed E-state index contributed by atoms with van der Waals surface area (Å²) in [5, 5.41) is 7.17. The molecule has 0 aliphatic heterocycles. The molecule has 1 aromatic rings. The van der Waals surface area contributed by atoms with E-state index in [0.717, 1.165) is 37.0 Å². The van der Waals surface area contributed by atoms with Crippen molar-refractivity contribution in [2.75, 3.05) is 6.54 Å². The molecule has 2 atom stereocenters. The summed E-state index contributed by atoms with van der Waals surface area (Å²) in [4.78, 5) is 4.44. The Morgan fingerprint density at radius 3 is 3.00 bits per heavy atom. The van der Waals surface area contributed by atoms with Gasteiger partial charge in [0, 0.05) is 12.3 Å². The fourth-order valence-electron chi connectivity index (χ4n) is 1.54. The number of aromatic nitrogens is 3. The Morgan fingerprint density at radius 2 is 2.38 bits per heavy atom. The highest BCUT2D eigenvalue weighted by Crippen LogP contribution is 2.45. The van der Waals surface area contributed by atoms with Crippen LogP contribution >= 0.6 is 0 Å². The quantitative estimate of drug-likeness (QED) is 0.720. The minimum Gasteiger partial charge on any atom is -0.330 e. The number of aromatic amines is 1. The number of hydrogen-bond acceptors (Lipinski definition) is 3. The molecule has 0 radical (unpaired) electrons. The summed E-state index contributed by atoms with van der Waals surface area (Å²) in [5.41, 5.74) is 5.42. The molecular formula is C9H16N4. The van der Waals surface area contributed by atoms with Gasteiger partial charge in [-0.15, -0.1) is 0 Å². The topological polar surface area (TPSA) is 67.6 Å². The lowest BCUT2D eigenvalue weighted by molar-refractivity contribution is 0.784. The molecule has 0 saturated heterocycles. The maximum atomic E-state index is 5.42. The Bertz CT molecular complexity index is 281. The first-order chi connectivity index (χ1) is 6.31. The van der Waals surface area contributed by atoms with E-state index in [1.807, 2.05) is 0 Å². The van der Waals surface area contributed by atoms with E-state index in [0.29, 0.717) is 5.92 Å². The third kappa shape index (κ3) is 1.88. The van der Waals surface area contributed by atoms with Crippen LogP contribution in [0.2, 0.25) is 0 Å². The Morgan fingerprint density at radius 1 is 1.62 bits per heavy atom. The molecule has 1 aliphatic carbocycles. The van der Waals surface area contributed by atoms with Crippen LogP contribution in [0.4, 0.5) is 0 Å². The molecule has 0 spiro atoms. The van der Waals surface area contributed by atoms with E-state index < -0.39 is 0 Å². The zero-order valence-corrected chi connectivity index (χ0v) is 7.95. The van der Waals surface area contributed by atoms with Crippen LogP contribution in [0.5, 0.6) is 0 Å². The summed E-state index contributed by atoms with van der Waals surface area (Å²) in [5.74, 6) is 3.38. The summed E-state index contributed by atoms with van der Waals surface area (Å²) in [6.07, 6.45) is 3.15. The lowest BCUT2D eigenvalue weighted by atomic mass is 10.3. The number of hydrogen-bond donors (Lipinski definition) is 2. The van der Waals surface area contributed by atoms with Crippen LogP contribution in [0.25, 0.3) is 0 Å². The van der Waals surface area contributed by atoms with Gasteiger partial charge in [0.1, 0.15) is 5.82 Å². The number of aryl methyl sites for hydroxylation is 1. The van der Waals surface area contributed by atoms with Crippen molar-refractivity contribution < 1.29 is 0 Å². The third-order valence-electron chi connectivity index (χ3n) is 2.61. The van der Waals surface area contributed by atoms with E-state index in [2.05, 4.69) is 22.1 Å². The normalized spacial score (nSPS) is 26.3. The smallest absolute Gasteiger partial charge is 0.154 e. The van der Waals surface area contributed by atoms with Gasteiger partial charge in [-0.05, 0) is 25.3 Å². The molecule has 0 aromatic carbocycles. The first-order valence-corrected chi connectivity index (χ1v) is 4.92. The molecule has 13 heavy (non-hydrogen) atoms. The lowest BCUT2D eigenvalue weighted by Gasteiger charge is -1.90. The predicted molar refractivity (Wildman–Crippen MR) is 50.3 cm³/mol. The molecule has 0 amide bonds. The van der Waals surface area contributed by atoms with Crippen LogP contribution in [-0.2, 0) is 6.42 Å². The third-order valence-corrected chi connectivity index (χ3v) is 2.61. The van der Waals surface area contributed by atoms with Gasteiger partial charge in [-0.2, -0.15) is 5.10 Å². The number of rotatable bonds is 4. The van der Waals surface area contributed by atoms with Gasteiger partial charge in [0.25, 0.3) is 0 Å². The lowest BCUT2D eigenvalue weighted by Crippen LogP contribution is -2.01. The molecule has 72 valence electrons. The summed E-state index contributed by atoms with van der Waals surface area (Å²) < 4.78 is 0. The van der Waals surface area contributed by atoms with Crippen LogP contribution in [0.1, 0.15) is 37.3 Å². The predicted octanol–water partition coefficient (Wildman–Crippen LogP) is 0.819. The molecule has 3 N–H and O–H groups in total. The monoisotopic (exact) mass is 180 g/mol. The summed E-state index contributed by atoms with van der Waals surface area (Å²) in [7, 11) is 0. The van der Waals surface area contributed by atoms with Crippen molar-refractivity contribution in [2.45, 2.75) is 32.1 Å². The van der Waals surface area contributed by atoms with Gasteiger partial charge in [-0.1, -0.05) is 6.92 Å². The van der Waals surface area contributed by atoms with Gasteiger partial charge in [-0.25, -0.2) is 4.98 Å². The van der Waals surface area contributed by atoms with Crippen LogP contribution in [0.15, 0.2) is 0 Å². The fraction of sp³-hybridized carbons (Fsp3) is 0.778. The minimum absolute atomic E-state index is 0.614.